The number of nitrogens with zero attached hydrogens (tertiary/aromatic N) is 2. The van der Waals surface area contributed by atoms with Crippen LogP contribution < -0.4 is 0 Å². The third kappa shape index (κ3) is 2.40. The number of hydrogen-bond donors (Lipinski definition) is 0. The fourth-order valence-electron chi connectivity index (χ4n) is 1.25. The van der Waals surface area contributed by atoms with Gasteiger partial charge in [-0.25, -0.2) is 0 Å². The van der Waals surface area contributed by atoms with Crippen molar-refractivity contribution in [1.82, 2.24) is 4.90 Å². The summed E-state index contributed by atoms with van der Waals surface area (Å²) in [6, 6.07) is 8.90. The summed E-state index contributed by atoms with van der Waals surface area (Å²) in [6.07, 6.45) is 0. The number of carbonyl (C=O) groups excluding carboxylic acids is 1. The lowest BCUT2D eigenvalue weighted by molar-refractivity contribution is 0.0655. The van der Waals surface area contributed by atoms with Gasteiger partial charge in [0.15, 0.2) is 0 Å². The van der Waals surface area contributed by atoms with Crippen molar-refractivity contribution in [2.75, 3.05) is 7.05 Å². The van der Waals surface area contributed by atoms with Crippen LogP contribution in [0.5, 0.6) is 0 Å². The zero-order valence-corrected chi connectivity index (χ0v) is 10.1. The predicted molar refractivity (Wildman–Crippen MR) is 63.0 cm³/mol. The van der Waals surface area contributed by atoms with Crippen LogP contribution in [-0.4, -0.2) is 23.4 Å². The number of benzene rings is 1. The minimum atomic E-state index is -0.250. The fraction of sp³-hybridized carbons (Fsp3) is 0.385. The molecule has 1 rings (SSSR count). The van der Waals surface area contributed by atoms with Crippen molar-refractivity contribution < 1.29 is 4.79 Å². The Labute approximate surface area is 96.3 Å². The second-order valence-corrected chi connectivity index (χ2v) is 4.69. The van der Waals surface area contributed by atoms with Crippen molar-refractivity contribution >= 4 is 5.91 Å². The second-order valence-electron chi connectivity index (χ2n) is 4.69. The molecule has 0 radical (unpaired) electrons. The Morgan fingerprint density at radius 1 is 1.31 bits per heavy atom. The van der Waals surface area contributed by atoms with E-state index in [1.54, 1.807) is 36.2 Å². The van der Waals surface area contributed by atoms with E-state index in [0.29, 0.717) is 11.1 Å². The number of amides is 1. The Kier molecular flexibility index (Phi) is 3.34. The van der Waals surface area contributed by atoms with Gasteiger partial charge in [0.25, 0.3) is 5.91 Å². The van der Waals surface area contributed by atoms with E-state index >= 15 is 0 Å². The van der Waals surface area contributed by atoms with Gasteiger partial charge in [0.1, 0.15) is 0 Å². The first-order valence-corrected chi connectivity index (χ1v) is 5.15. The molecule has 3 nitrogen and oxygen atoms in total. The molecule has 0 heterocycles. The molecule has 0 atom stereocenters. The van der Waals surface area contributed by atoms with Crippen molar-refractivity contribution in [2.24, 2.45) is 0 Å². The molecule has 0 fully saturated rings. The SMILES string of the molecule is CN(C(=O)c1ccccc1C#N)C(C)(C)C. The molecule has 0 bridgehead atoms. The van der Waals surface area contributed by atoms with E-state index in [-0.39, 0.29) is 11.4 Å². The highest BCUT2D eigenvalue weighted by Gasteiger charge is 2.24. The van der Waals surface area contributed by atoms with Crippen molar-refractivity contribution in [1.29, 1.82) is 5.26 Å². The summed E-state index contributed by atoms with van der Waals surface area (Å²) in [6.45, 7) is 5.87. The molecule has 16 heavy (non-hydrogen) atoms. The highest BCUT2D eigenvalue weighted by molar-refractivity contribution is 5.96. The molecule has 3 heteroatoms. The molecule has 0 saturated heterocycles. The molecular weight excluding hydrogens is 200 g/mol. The smallest absolute Gasteiger partial charge is 0.255 e. The van der Waals surface area contributed by atoms with Gasteiger partial charge >= 0.3 is 0 Å². The molecule has 0 aliphatic carbocycles. The van der Waals surface area contributed by atoms with Gasteiger partial charge in [-0.3, -0.25) is 4.79 Å². The van der Waals surface area contributed by atoms with Gasteiger partial charge in [-0.15, -0.1) is 0 Å². The molecule has 84 valence electrons. The number of nitriles is 1. The summed E-state index contributed by atoms with van der Waals surface area (Å²) < 4.78 is 0. The lowest BCUT2D eigenvalue weighted by atomic mass is 10.0. The summed E-state index contributed by atoms with van der Waals surface area (Å²) in [5, 5.41) is 8.93. The van der Waals surface area contributed by atoms with Crippen LogP contribution in [0, 0.1) is 11.3 Å². The van der Waals surface area contributed by atoms with Gasteiger partial charge in [-0.2, -0.15) is 5.26 Å². The number of carbonyl (C=O) groups is 1. The summed E-state index contributed by atoms with van der Waals surface area (Å²) in [5.41, 5.74) is 0.630. The maximum atomic E-state index is 12.1. The number of rotatable bonds is 1. The zero-order valence-electron chi connectivity index (χ0n) is 10.1. The molecule has 0 saturated carbocycles. The normalized spacial score (nSPS) is 10.7. The van der Waals surface area contributed by atoms with Gasteiger partial charge in [0.05, 0.1) is 17.2 Å². The zero-order chi connectivity index (χ0) is 12.3. The van der Waals surface area contributed by atoms with Crippen molar-refractivity contribution in [2.45, 2.75) is 26.3 Å². The van der Waals surface area contributed by atoms with Gasteiger partial charge in [0.2, 0.25) is 0 Å². The summed E-state index contributed by atoms with van der Waals surface area (Å²) in [7, 11) is 1.75. The Balaban J connectivity index is 3.12. The summed E-state index contributed by atoms with van der Waals surface area (Å²) in [5.74, 6) is -0.121. The Morgan fingerprint density at radius 2 is 1.88 bits per heavy atom. The Bertz CT molecular complexity index is 438. The summed E-state index contributed by atoms with van der Waals surface area (Å²) >= 11 is 0. The monoisotopic (exact) mass is 216 g/mol. The second kappa shape index (κ2) is 4.36. The minimum absolute atomic E-state index is 0.121. The first-order valence-electron chi connectivity index (χ1n) is 5.15. The standard InChI is InChI=1S/C13H16N2O/c1-13(2,3)15(4)12(16)11-8-6-5-7-10(11)9-14/h5-8H,1-4H3. The quantitative estimate of drug-likeness (QED) is 0.723. The highest BCUT2D eigenvalue weighted by Crippen LogP contribution is 2.17. The van der Waals surface area contributed by atoms with E-state index in [4.69, 9.17) is 5.26 Å². The van der Waals surface area contributed by atoms with Crippen LogP contribution in [0.2, 0.25) is 0 Å². The van der Waals surface area contributed by atoms with E-state index < -0.39 is 0 Å². The maximum Gasteiger partial charge on any atom is 0.255 e. The summed E-state index contributed by atoms with van der Waals surface area (Å²) in [4.78, 5) is 13.8. The van der Waals surface area contributed by atoms with E-state index in [2.05, 4.69) is 0 Å². The maximum absolute atomic E-state index is 12.1. The van der Waals surface area contributed by atoms with Crippen LogP contribution in [0.15, 0.2) is 24.3 Å². The molecule has 1 aromatic rings. The van der Waals surface area contributed by atoms with Crippen molar-refractivity contribution in [3.8, 4) is 6.07 Å². The average molecular weight is 216 g/mol. The van der Waals surface area contributed by atoms with E-state index in [9.17, 15) is 4.79 Å². The molecule has 0 N–H and O–H groups in total. The third-order valence-electron chi connectivity index (χ3n) is 2.59. The first kappa shape index (κ1) is 12.3. The minimum Gasteiger partial charge on any atom is -0.337 e. The molecule has 1 aromatic carbocycles. The van der Waals surface area contributed by atoms with Crippen LogP contribution in [0.25, 0.3) is 0 Å². The fourth-order valence-corrected chi connectivity index (χ4v) is 1.25. The van der Waals surface area contributed by atoms with Gasteiger partial charge in [0, 0.05) is 12.6 Å². The molecule has 0 aromatic heterocycles. The molecule has 0 aliphatic rings. The largest absolute Gasteiger partial charge is 0.337 e. The van der Waals surface area contributed by atoms with Gasteiger partial charge < -0.3 is 4.90 Å². The van der Waals surface area contributed by atoms with E-state index in [0.717, 1.165) is 0 Å². The third-order valence-corrected chi connectivity index (χ3v) is 2.59. The van der Waals surface area contributed by atoms with Crippen LogP contribution >= 0.6 is 0 Å². The highest BCUT2D eigenvalue weighted by atomic mass is 16.2. The molecule has 0 aliphatic heterocycles. The predicted octanol–water partition coefficient (Wildman–Crippen LogP) is 2.43. The van der Waals surface area contributed by atoms with E-state index in [1.807, 2.05) is 26.8 Å². The topological polar surface area (TPSA) is 44.1 Å². The van der Waals surface area contributed by atoms with E-state index in [1.165, 1.54) is 0 Å². The lowest BCUT2D eigenvalue weighted by Gasteiger charge is -2.32. The molecule has 1 amide bonds. The van der Waals surface area contributed by atoms with Crippen molar-refractivity contribution in [3.05, 3.63) is 35.4 Å². The molecule has 0 unspecified atom stereocenters. The van der Waals surface area contributed by atoms with Crippen LogP contribution in [0.4, 0.5) is 0 Å². The van der Waals surface area contributed by atoms with Crippen LogP contribution in [0.1, 0.15) is 36.7 Å². The van der Waals surface area contributed by atoms with Gasteiger partial charge in [-0.05, 0) is 32.9 Å². The van der Waals surface area contributed by atoms with Crippen LogP contribution in [0.3, 0.4) is 0 Å². The Morgan fingerprint density at radius 3 is 2.38 bits per heavy atom. The van der Waals surface area contributed by atoms with Gasteiger partial charge in [-0.1, -0.05) is 12.1 Å². The average Bonchev–Trinajstić information content (AvgIpc) is 2.25. The Hall–Kier alpha value is -1.82. The molecular formula is C13H16N2O. The first-order chi connectivity index (χ1) is 7.38. The molecule has 0 spiro atoms. The number of hydrogen-bond acceptors (Lipinski definition) is 2. The lowest BCUT2D eigenvalue weighted by Crippen LogP contribution is -2.42. The van der Waals surface area contributed by atoms with Crippen molar-refractivity contribution in [3.63, 3.8) is 0 Å². The van der Waals surface area contributed by atoms with Crippen LogP contribution in [-0.2, 0) is 0 Å².